The van der Waals surface area contributed by atoms with E-state index in [4.69, 9.17) is 21.1 Å². The molecule has 0 atom stereocenters. The number of methoxy groups -OCH3 is 1. The van der Waals surface area contributed by atoms with Crippen LogP contribution in [0.4, 0.5) is 5.69 Å². The fourth-order valence-corrected chi connectivity index (χ4v) is 4.11. The predicted molar refractivity (Wildman–Crippen MR) is 116 cm³/mol. The van der Waals surface area contributed by atoms with Gasteiger partial charge in [0.1, 0.15) is 22.0 Å². The Bertz CT molecular complexity index is 1190. The van der Waals surface area contributed by atoms with Gasteiger partial charge in [-0.25, -0.2) is 9.78 Å². The quantitative estimate of drug-likeness (QED) is 0.577. The molecule has 0 spiro atoms. The van der Waals surface area contributed by atoms with Gasteiger partial charge in [-0.3, -0.25) is 14.2 Å². The summed E-state index contributed by atoms with van der Waals surface area (Å²) in [7, 11) is 1.50. The molecule has 3 rings (SSSR count). The zero-order chi connectivity index (χ0) is 22.0. The van der Waals surface area contributed by atoms with Gasteiger partial charge in [0, 0.05) is 5.69 Å². The predicted octanol–water partition coefficient (Wildman–Crippen LogP) is 3.63. The molecule has 3 aromatic rings. The number of anilines is 1. The van der Waals surface area contributed by atoms with Gasteiger partial charge in [0.2, 0.25) is 5.91 Å². The van der Waals surface area contributed by atoms with E-state index >= 15 is 0 Å². The Morgan fingerprint density at radius 2 is 2.07 bits per heavy atom. The average Bonchev–Trinajstić information content (AvgIpc) is 3.01. The van der Waals surface area contributed by atoms with Gasteiger partial charge in [-0.2, -0.15) is 0 Å². The molecule has 0 aliphatic heterocycles. The Morgan fingerprint density at radius 3 is 2.70 bits per heavy atom. The molecule has 1 aromatic carbocycles. The van der Waals surface area contributed by atoms with Gasteiger partial charge in [0.25, 0.3) is 5.56 Å². The van der Waals surface area contributed by atoms with Crippen LogP contribution in [0, 0.1) is 6.92 Å². The number of esters is 1. The van der Waals surface area contributed by atoms with E-state index in [0.717, 1.165) is 11.3 Å². The molecule has 2 heterocycles. The minimum Gasteiger partial charge on any atom is -0.495 e. The monoisotopic (exact) mass is 449 g/mol. The number of halogens is 1. The van der Waals surface area contributed by atoms with Gasteiger partial charge in [-0.15, -0.1) is 11.3 Å². The standard InChI is InChI=1S/C20H20ClN3O5S/c1-10(2)29-20(27)17-11(3)16-18(30-17)22-9-24(19(16)26)8-15(25)23-12-5-6-14(28-4)13(21)7-12/h5-7,9-10H,8H2,1-4H3,(H,23,25). The summed E-state index contributed by atoms with van der Waals surface area (Å²) >= 11 is 7.16. The van der Waals surface area contributed by atoms with Gasteiger partial charge in [0.05, 0.1) is 29.9 Å². The molecule has 0 bridgehead atoms. The number of hydrogen-bond acceptors (Lipinski definition) is 7. The molecule has 0 saturated carbocycles. The number of benzene rings is 1. The molecule has 0 radical (unpaired) electrons. The lowest BCUT2D eigenvalue weighted by atomic mass is 10.2. The zero-order valence-corrected chi connectivity index (χ0v) is 18.4. The van der Waals surface area contributed by atoms with Crippen molar-refractivity contribution >= 4 is 50.7 Å². The van der Waals surface area contributed by atoms with Crippen molar-refractivity contribution in [1.29, 1.82) is 0 Å². The molecular weight excluding hydrogens is 430 g/mol. The third kappa shape index (κ3) is 4.47. The lowest BCUT2D eigenvalue weighted by Crippen LogP contribution is -2.28. The van der Waals surface area contributed by atoms with Gasteiger partial charge < -0.3 is 14.8 Å². The number of thiophene rings is 1. The van der Waals surface area contributed by atoms with Crippen LogP contribution in [-0.4, -0.2) is 34.6 Å². The van der Waals surface area contributed by atoms with E-state index in [9.17, 15) is 14.4 Å². The number of ether oxygens (including phenoxy) is 2. The zero-order valence-electron chi connectivity index (χ0n) is 16.8. The fraction of sp³-hybridized carbons (Fsp3) is 0.300. The Morgan fingerprint density at radius 1 is 1.33 bits per heavy atom. The van der Waals surface area contributed by atoms with Crippen molar-refractivity contribution in [2.75, 3.05) is 12.4 Å². The highest BCUT2D eigenvalue weighted by Crippen LogP contribution is 2.28. The van der Waals surface area contributed by atoms with Crippen LogP contribution >= 0.6 is 22.9 Å². The van der Waals surface area contributed by atoms with Crippen molar-refractivity contribution in [3.8, 4) is 5.75 Å². The van der Waals surface area contributed by atoms with Gasteiger partial charge in [-0.1, -0.05) is 11.6 Å². The van der Waals surface area contributed by atoms with Crippen LogP contribution in [0.1, 0.15) is 29.1 Å². The summed E-state index contributed by atoms with van der Waals surface area (Å²) in [6.45, 7) is 4.93. The van der Waals surface area contributed by atoms with E-state index in [1.807, 2.05) is 0 Å². The third-order valence-electron chi connectivity index (χ3n) is 4.19. The van der Waals surface area contributed by atoms with Crippen molar-refractivity contribution in [3.05, 3.63) is 50.3 Å². The Labute approximate surface area is 181 Å². The Kier molecular flexibility index (Phi) is 6.42. The fourth-order valence-electron chi connectivity index (χ4n) is 2.83. The van der Waals surface area contributed by atoms with Crippen LogP contribution in [-0.2, 0) is 16.1 Å². The molecule has 8 nitrogen and oxygen atoms in total. The first-order valence-electron chi connectivity index (χ1n) is 9.04. The summed E-state index contributed by atoms with van der Waals surface area (Å²) in [6.07, 6.45) is 1.01. The first-order valence-corrected chi connectivity index (χ1v) is 10.2. The molecule has 1 amide bonds. The maximum absolute atomic E-state index is 12.9. The highest BCUT2D eigenvalue weighted by molar-refractivity contribution is 7.20. The minimum atomic E-state index is -0.495. The average molecular weight is 450 g/mol. The van der Waals surface area contributed by atoms with Crippen molar-refractivity contribution < 1.29 is 19.1 Å². The number of carbonyl (C=O) groups is 2. The third-order valence-corrected chi connectivity index (χ3v) is 5.67. The number of nitrogens with one attached hydrogen (secondary N) is 1. The summed E-state index contributed by atoms with van der Waals surface area (Å²) < 4.78 is 11.5. The van der Waals surface area contributed by atoms with E-state index in [1.165, 1.54) is 18.0 Å². The molecule has 1 N–H and O–H groups in total. The molecule has 10 heteroatoms. The number of hydrogen-bond donors (Lipinski definition) is 1. The highest BCUT2D eigenvalue weighted by Gasteiger charge is 2.21. The van der Waals surface area contributed by atoms with Gasteiger partial charge in [0.15, 0.2) is 0 Å². The highest BCUT2D eigenvalue weighted by atomic mass is 35.5. The number of aromatic nitrogens is 2. The normalized spacial score (nSPS) is 11.0. The van der Waals surface area contributed by atoms with Crippen LogP contribution in [0.3, 0.4) is 0 Å². The van der Waals surface area contributed by atoms with Crippen LogP contribution in [0.25, 0.3) is 10.2 Å². The number of carbonyl (C=O) groups excluding carboxylic acids is 2. The maximum Gasteiger partial charge on any atom is 0.348 e. The molecule has 158 valence electrons. The largest absolute Gasteiger partial charge is 0.495 e. The molecule has 0 saturated heterocycles. The second kappa shape index (κ2) is 8.85. The molecule has 0 fully saturated rings. The summed E-state index contributed by atoms with van der Waals surface area (Å²) in [5.41, 5.74) is 0.563. The van der Waals surface area contributed by atoms with Crippen molar-refractivity contribution in [2.45, 2.75) is 33.4 Å². The Balaban J connectivity index is 1.84. The number of nitrogens with zero attached hydrogens (tertiary/aromatic N) is 2. The molecule has 0 aliphatic rings. The maximum atomic E-state index is 12.9. The second-order valence-corrected chi connectivity index (χ2v) is 8.17. The van der Waals surface area contributed by atoms with Crippen LogP contribution in [0.2, 0.25) is 5.02 Å². The second-order valence-electron chi connectivity index (χ2n) is 6.77. The summed E-state index contributed by atoms with van der Waals surface area (Å²) in [4.78, 5) is 42.6. The first-order chi connectivity index (χ1) is 14.2. The lowest BCUT2D eigenvalue weighted by molar-refractivity contribution is -0.116. The number of aryl methyl sites for hydroxylation is 1. The van der Waals surface area contributed by atoms with Crippen molar-refractivity contribution in [2.24, 2.45) is 0 Å². The van der Waals surface area contributed by atoms with E-state index in [2.05, 4.69) is 10.3 Å². The molecule has 30 heavy (non-hydrogen) atoms. The van der Waals surface area contributed by atoms with Gasteiger partial charge in [-0.05, 0) is 44.5 Å². The van der Waals surface area contributed by atoms with E-state index < -0.39 is 17.4 Å². The lowest BCUT2D eigenvalue weighted by Gasteiger charge is -2.09. The number of fused-ring (bicyclic) bond motifs is 1. The van der Waals surface area contributed by atoms with Crippen LogP contribution < -0.4 is 15.6 Å². The summed E-state index contributed by atoms with van der Waals surface area (Å²) in [5.74, 6) is -0.433. The number of amides is 1. The first kappa shape index (κ1) is 21.8. The van der Waals surface area contributed by atoms with E-state index in [0.29, 0.717) is 37.1 Å². The minimum absolute atomic E-state index is 0.244. The summed E-state index contributed by atoms with van der Waals surface area (Å²) in [6, 6.07) is 4.82. The molecule has 0 unspecified atom stereocenters. The van der Waals surface area contributed by atoms with Crippen molar-refractivity contribution in [1.82, 2.24) is 9.55 Å². The van der Waals surface area contributed by atoms with Crippen molar-refractivity contribution in [3.63, 3.8) is 0 Å². The van der Waals surface area contributed by atoms with Crippen LogP contribution in [0.15, 0.2) is 29.3 Å². The smallest absolute Gasteiger partial charge is 0.348 e. The van der Waals surface area contributed by atoms with Gasteiger partial charge >= 0.3 is 5.97 Å². The van der Waals surface area contributed by atoms with E-state index in [-0.39, 0.29) is 12.6 Å². The number of rotatable bonds is 6. The molecule has 2 aromatic heterocycles. The summed E-state index contributed by atoms with van der Waals surface area (Å²) in [5, 5.41) is 3.34. The molecular formula is C20H20ClN3O5S. The van der Waals surface area contributed by atoms with E-state index in [1.54, 1.807) is 39.0 Å². The van der Waals surface area contributed by atoms with Crippen LogP contribution in [0.5, 0.6) is 5.75 Å². The SMILES string of the molecule is COc1ccc(NC(=O)Cn2cnc3sc(C(=O)OC(C)C)c(C)c3c2=O)cc1Cl. The molecule has 0 aliphatic carbocycles. The Hall–Kier alpha value is -2.91. The topological polar surface area (TPSA) is 99.5 Å².